The van der Waals surface area contributed by atoms with Crippen LogP contribution in [0.5, 0.6) is 0 Å². The molecule has 6 heteroatoms. The smallest absolute Gasteiger partial charge is 0.258 e. The predicted molar refractivity (Wildman–Crippen MR) is 84.9 cm³/mol. The lowest BCUT2D eigenvalue weighted by molar-refractivity contribution is -0.384. The number of halogens is 3. The average molecular weight is 375 g/mol. The van der Waals surface area contributed by atoms with Gasteiger partial charge in [0.25, 0.3) is 5.69 Å². The summed E-state index contributed by atoms with van der Waals surface area (Å²) in [5.41, 5.74) is 2.06. The summed E-state index contributed by atoms with van der Waals surface area (Å²) in [6, 6.07) is 11.9. The van der Waals surface area contributed by atoms with Crippen molar-refractivity contribution in [2.75, 3.05) is 0 Å². The van der Waals surface area contributed by atoms with E-state index in [4.69, 9.17) is 23.2 Å². The molecule has 0 bridgehead atoms. The van der Waals surface area contributed by atoms with Gasteiger partial charge < -0.3 is 0 Å². The average Bonchev–Trinajstić information content (AvgIpc) is 2.38. The highest BCUT2D eigenvalue weighted by atomic mass is 79.9. The van der Waals surface area contributed by atoms with Crippen molar-refractivity contribution in [3.8, 4) is 0 Å². The topological polar surface area (TPSA) is 43.1 Å². The third-order valence-corrected chi connectivity index (χ3v) is 4.10. The maximum atomic E-state index is 10.6. The van der Waals surface area contributed by atoms with Crippen molar-refractivity contribution in [3.63, 3.8) is 0 Å². The summed E-state index contributed by atoms with van der Waals surface area (Å²) in [4.78, 5) is 10.2. The Balaban J connectivity index is 2.14. The van der Waals surface area contributed by atoms with Crippen LogP contribution in [-0.2, 0) is 6.42 Å². The molecule has 0 fully saturated rings. The fraction of sp³-hybridized carbons (Fsp3) is 0.143. The number of rotatable bonds is 4. The summed E-state index contributed by atoms with van der Waals surface area (Å²) >= 11 is 15.5. The zero-order valence-electron chi connectivity index (χ0n) is 10.2. The quantitative estimate of drug-likeness (QED) is 0.398. The van der Waals surface area contributed by atoms with E-state index in [-0.39, 0.29) is 10.5 Å². The van der Waals surface area contributed by atoms with Gasteiger partial charge >= 0.3 is 0 Å². The number of benzene rings is 2. The second-order valence-corrected chi connectivity index (χ2v) is 6.28. The van der Waals surface area contributed by atoms with E-state index >= 15 is 0 Å². The summed E-state index contributed by atoms with van der Waals surface area (Å²) in [5, 5.41) is 11.8. The minimum atomic E-state index is -0.411. The van der Waals surface area contributed by atoms with Gasteiger partial charge in [-0.1, -0.05) is 51.3 Å². The molecule has 0 aliphatic carbocycles. The number of non-ortho nitro benzene ring substituents is 1. The fourth-order valence-electron chi connectivity index (χ4n) is 1.83. The van der Waals surface area contributed by atoms with Crippen LogP contribution in [-0.4, -0.2) is 4.92 Å². The van der Waals surface area contributed by atoms with Crippen LogP contribution in [0.15, 0.2) is 42.5 Å². The number of hydrogen-bond donors (Lipinski definition) is 0. The second-order valence-electron chi connectivity index (χ2n) is 4.30. The number of nitro groups is 1. The van der Waals surface area contributed by atoms with Crippen LogP contribution in [0.3, 0.4) is 0 Å². The Morgan fingerprint density at radius 3 is 2.15 bits per heavy atom. The molecule has 20 heavy (non-hydrogen) atoms. The Morgan fingerprint density at radius 2 is 1.65 bits per heavy atom. The van der Waals surface area contributed by atoms with Crippen molar-refractivity contribution >= 4 is 44.8 Å². The van der Waals surface area contributed by atoms with Crippen molar-refractivity contribution in [1.82, 2.24) is 0 Å². The first-order valence-corrected chi connectivity index (χ1v) is 7.46. The minimum absolute atomic E-state index is 0.0418. The van der Waals surface area contributed by atoms with Gasteiger partial charge in [0, 0.05) is 27.0 Å². The third kappa shape index (κ3) is 3.95. The molecule has 3 nitrogen and oxygen atoms in total. The van der Waals surface area contributed by atoms with Gasteiger partial charge in [-0.05, 0) is 35.7 Å². The molecule has 2 aromatic carbocycles. The molecule has 0 saturated heterocycles. The van der Waals surface area contributed by atoms with Gasteiger partial charge in [-0.25, -0.2) is 0 Å². The number of alkyl halides is 1. The van der Waals surface area contributed by atoms with Gasteiger partial charge in [-0.15, -0.1) is 0 Å². The van der Waals surface area contributed by atoms with Gasteiger partial charge in [-0.3, -0.25) is 10.1 Å². The molecule has 0 aliphatic rings. The fourth-order valence-corrected chi connectivity index (χ4v) is 3.02. The Kier molecular flexibility index (Phi) is 5.02. The Morgan fingerprint density at radius 1 is 1.10 bits per heavy atom. The molecule has 0 heterocycles. The SMILES string of the molecule is O=[N+]([O-])c1ccc(CC(Br)c2cc(Cl)cc(Cl)c2)cc1. The van der Waals surface area contributed by atoms with E-state index < -0.39 is 4.92 Å². The first-order chi connectivity index (χ1) is 9.45. The largest absolute Gasteiger partial charge is 0.269 e. The molecular weight excluding hydrogens is 365 g/mol. The molecule has 1 unspecified atom stereocenters. The molecule has 0 aliphatic heterocycles. The van der Waals surface area contributed by atoms with Crippen molar-refractivity contribution in [1.29, 1.82) is 0 Å². The summed E-state index contributed by atoms with van der Waals surface area (Å²) in [6.45, 7) is 0. The van der Waals surface area contributed by atoms with E-state index in [1.807, 2.05) is 12.1 Å². The van der Waals surface area contributed by atoms with Crippen molar-refractivity contribution < 1.29 is 4.92 Å². The first-order valence-electron chi connectivity index (χ1n) is 5.79. The number of hydrogen-bond acceptors (Lipinski definition) is 2. The maximum Gasteiger partial charge on any atom is 0.269 e. The molecule has 0 spiro atoms. The van der Waals surface area contributed by atoms with Gasteiger partial charge in [0.2, 0.25) is 0 Å². The van der Waals surface area contributed by atoms with Gasteiger partial charge in [0.1, 0.15) is 0 Å². The molecule has 0 amide bonds. The maximum absolute atomic E-state index is 10.6. The van der Waals surface area contributed by atoms with Crippen molar-refractivity contribution in [3.05, 3.63) is 73.8 Å². The zero-order chi connectivity index (χ0) is 14.7. The molecule has 0 saturated carbocycles. The summed E-state index contributed by atoms with van der Waals surface area (Å²) < 4.78 is 0. The Labute approximate surface area is 134 Å². The summed E-state index contributed by atoms with van der Waals surface area (Å²) in [5.74, 6) is 0. The monoisotopic (exact) mass is 373 g/mol. The molecule has 0 N–H and O–H groups in total. The van der Waals surface area contributed by atoms with Crippen LogP contribution < -0.4 is 0 Å². The highest BCUT2D eigenvalue weighted by molar-refractivity contribution is 9.09. The standard InChI is InChI=1S/C14H10BrCl2NO2/c15-14(10-6-11(16)8-12(17)7-10)5-9-1-3-13(4-2-9)18(19)20/h1-4,6-8,14H,5H2. The first kappa shape index (κ1) is 15.3. The van der Waals surface area contributed by atoms with Crippen molar-refractivity contribution in [2.24, 2.45) is 0 Å². The summed E-state index contributed by atoms with van der Waals surface area (Å²) in [6.07, 6.45) is 0.689. The van der Waals surface area contributed by atoms with Gasteiger partial charge in [0.05, 0.1) is 4.92 Å². The van der Waals surface area contributed by atoms with Gasteiger partial charge in [-0.2, -0.15) is 0 Å². The lowest BCUT2D eigenvalue weighted by Crippen LogP contribution is -1.96. The van der Waals surface area contributed by atoms with E-state index in [1.165, 1.54) is 12.1 Å². The van der Waals surface area contributed by atoms with Crippen LogP contribution in [0.4, 0.5) is 5.69 Å². The Hall–Kier alpha value is -1.10. The van der Waals surface area contributed by atoms with Crippen LogP contribution in [0.2, 0.25) is 10.0 Å². The van der Waals surface area contributed by atoms with E-state index in [2.05, 4.69) is 15.9 Å². The number of nitrogens with zero attached hydrogens (tertiary/aromatic N) is 1. The molecular formula is C14H10BrCl2NO2. The lowest BCUT2D eigenvalue weighted by Gasteiger charge is -2.11. The lowest BCUT2D eigenvalue weighted by atomic mass is 10.0. The highest BCUT2D eigenvalue weighted by Gasteiger charge is 2.11. The second kappa shape index (κ2) is 6.57. The zero-order valence-corrected chi connectivity index (χ0v) is 13.3. The number of nitro benzene ring substituents is 1. The van der Waals surface area contributed by atoms with Crippen LogP contribution >= 0.6 is 39.1 Å². The molecule has 0 radical (unpaired) electrons. The van der Waals surface area contributed by atoms with E-state index in [0.29, 0.717) is 16.5 Å². The molecule has 2 aromatic rings. The van der Waals surface area contributed by atoms with E-state index in [9.17, 15) is 10.1 Å². The Bertz CT molecular complexity index is 611. The van der Waals surface area contributed by atoms with Crippen LogP contribution in [0, 0.1) is 10.1 Å². The summed E-state index contributed by atoms with van der Waals surface area (Å²) in [7, 11) is 0. The molecule has 1 atom stereocenters. The van der Waals surface area contributed by atoms with Crippen LogP contribution in [0.1, 0.15) is 16.0 Å². The molecule has 2 rings (SSSR count). The minimum Gasteiger partial charge on any atom is -0.258 e. The van der Waals surface area contributed by atoms with Crippen LogP contribution in [0.25, 0.3) is 0 Å². The third-order valence-electron chi connectivity index (χ3n) is 2.81. The normalized spacial score (nSPS) is 12.2. The highest BCUT2D eigenvalue weighted by Crippen LogP contribution is 2.31. The van der Waals surface area contributed by atoms with E-state index in [0.717, 1.165) is 11.1 Å². The van der Waals surface area contributed by atoms with E-state index in [1.54, 1.807) is 18.2 Å². The predicted octanol–water partition coefficient (Wildman–Crippen LogP) is 5.58. The van der Waals surface area contributed by atoms with Crippen molar-refractivity contribution in [2.45, 2.75) is 11.2 Å². The van der Waals surface area contributed by atoms with Gasteiger partial charge in [0.15, 0.2) is 0 Å². The molecule has 104 valence electrons. The molecule has 0 aromatic heterocycles.